The predicted octanol–water partition coefficient (Wildman–Crippen LogP) is 2.62. The third kappa shape index (κ3) is 4.10. The Kier molecular flexibility index (Phi) is 4.95. The molecule has 0 spiro atoms. The van der Waals surface area contributed by atoms with Crippen LogP contribution in [0, 0.1) is 0 Å². The number of H-pyrrole nitrogens is 1. The summed E-state index contributed by atoms with van der Waals surface area (Å²) in [7, 11) is -3.15. The second-order valence-electron chi connectivity index (χ2n) is 7.39. The van der Waals surface area contributed by atoms with E-state index in [0.717, 1.165) is 42.7 Å². The summed E-state index contributed by atoms with van der Waals surface area (Å²) in [6, 6.07) is 15.2. The van der Waals surface area contributed by atoms with Crippen molar-refractivity contribution in [2.75, 3.05) is 24.7 Å². The van der Waals surface area contributed by atoms with Crippen LogP contribution in [0.4, 0.5) is 5.69 Å². The smallest absolute Gasteiger partial charge is 0.255 e. The number of nitrogens with one attached hydrogen (secondary N) is 2. The number of fused-ring (bicyclic) bond motifs is 1. The van der Waals surface area contributed by atoms with Crippen LogP contribution in [0.3, 0.4) is 0 Å². The van der Waals surface area contributed by atoms with Gasteiger partial charge >= 0.3 is 0 Å². The molecule has 1 aliphatic rings. The molecule has 2 heterocycles. The number of hydrogen-bond donors (Lipinski definition) is 2. The highest BCUT2D eigenvalue weighted by molar-refractivity contribution is 7.90. The van der Waals surface area contributed by atoms with Crippen LogP contribution in [0.15, 0.2) is 64.4 Å². The first kappa shape index (κ1) is 18.7. The summed E-state index contributed by atoms with van der Waals surface area (Å²) in [6.07, 6.45) is 3.93. The van der Waals surface area contributed by atoms with Gasteiger partial charge in [-0.15, -0.1) is 0 Å². The van der Waals surface area contributed by atoms with Gasteiger partial charge < -0.3 is 10.3 Å². The molecule has 2 N–H and O–H groups in total. The zero-order valence-electron chi connectivity index (χ0n) is 15.7. The molecule has 0 aliphatic carbocycles. The summed E-state index contributed by atoms with van der Waals surface area (Å²) >= 11 is 0. The number of likely N-dealkylation sites (tertiary alicyclic amines) is 1. The molecule has 2 aromatic carbocycles. The molecule has 7 heteroatoms. The van der Waals surface area contributed by atoms with Gasteiger partial charge in [-0.2, -0.15) is 0 Å². The first-order chi connectivity index (χ1) is 13.4. The van der Waals surface area contributed by atoms with Gasteiger partial charge in [-0.1, -0.05) is 12.1 Å². The predicted molar refractivity (Wildman–Crippen MR) is 111 cm³/mol. The van der Waals surface area contributed by atoms with E-state index in [-0.39, 0.29) is 5.56 Å². The number of hydrogen-bond acceptors (Lipinski definition) is 5. The topological polar surface area (TPSA) is 82.3 Å². The second kappa shape index (κ2) is 7.41. The molecule has 4 rings (SSSR count). The molecule has 3 aromatic rings. The number of nitrogens with zero attached hydrogens (tertiary/aromatic N) is 1. The highest BCUT2D eigenvalue weighted by Gasteiger charge is 2.22. The van der Waals surface area contributed by atoms with Crippen LogP contribution in [0.2, 0.25) is 0 Å². The minimum absolute atomic E-state index is 0.0713. The van der Waals surface area contributed by atoms with E-state index in [2.05, 4.69) is 15.2 Å². The van der Waals surface area contributed by atoms with Crippen LogP contribution in [-0.4, -0.2) is 43.7 Å². The average molecular weight is 398 g/mol. The molecule has 0 bridgehead atoms. The van der Waals surface area contributed by atoms with E-state index in [9.17, 15) is 13.2 Å². The summed E-state index contributed by atoms with van der Waals surface area (Å²) in [5.41, 5.74) is 2.05. The molecule has 1 aliphatic heterocycles. The van der Waals surface area contributed by atoms with Crippen LogP contribution < -0.4 is 10.9 Å². The summed E-state index contributed by atoms with van der Waals surface area (Å²) in [5.74, 6) is 0. The van der Waals surface area contributed by atoms with Gasteiger partial charge in [-0.3, -0.25) is 9.69 Å². The van der Waals surface area contributed by atoms with E-state index in [0.29, 0.717) is 16.3 Å². The first-order valence-electron chi connectivity index (χ1n) is 9.28. The Balaban J connectivity index is 1.38. The zero-order chi connectivity index (χ0) is 19.7. The lowest BCUT2D eigenvalue weighted by atomic mass is 10.1. The molecule has 1 saturated heterocycles. The minimum Gasteiger partial charge on any atom is -0.381 e. The molecule has 0 saturated carbocycles. The van der Waals surface area contributed by atoms with E-state index in [1.807, 2.05) is 36.4 Å². The lowest BCUT2D eigenvalue weighted by Gasteiger charge is -2.18. The maximum atomic E-state index is 11.8. The maximum absolute atomic E-state index is 11.8. The molecule has 0 amide bonds. The molecular formula is C21H23N3O3S. The van der Waals surface area contributed by atoms with Crippen molar-refractivity contribution >= 4 is 26.3 Å². The van der Waals surface area contributed by atoms with Gasteiger partial charge in [0.25, 0.3) is 5.56 Å². The van der Waals surface area contributed by atoms with Gasteiger partial charge in [0.15, 0.2) is 9.84 Å². The standard InChI is InChI=1S/C21H23N3O3S/c1-28(26,27)19-5-2-15(3-6-19)13-24-11-9-18(14-24)23-17-4-7-20-16(12-17)8-10-22-21(20)25/h2-8,10,12,18,23H,9,11,13-14H2,1H3,(H,22,25). The Hall–Kier alpha value is -2.64. The number of aromatic nitrogens is 1. The first-order valence-corrected chi connectivity index (χ1v) is 11.2. The SMILES string of the molecule is CS(=O)(=O)c1ccc(CN2CCC(Nc3ccc4c(=O)[nH]ccc4c3)C2)cc1. The van der Waals surface area contributed by atoms with Gasteiger partial charge in [-0.25, -0.2) is 8.42 Å². The van der Waals surface area contributed by atoms with E-state index in [4.69, 9.17) is 0 Å². The zero-order valence-corrected chi connectivity index (χ0v) is 16.5. The van der Waals surface area contributed by atoms with Gasteiger partial charge in [0.2, 0.25) is 0 Å². The molecule has 1 atom stereocenters. The molecule has 1 unspecified atom stereocenters. The Morgan fingerprint density at radius 3 is 2.68 bits per heavy atom. The Bertz CT molecular complexity index is 1150. The van der Waals surface area contributed by atoms with Gasteiger partial charge in [0, 0.05) is 49.2 Å². The number of benzene rings is 2. The number of pyridine rings is 1. The Morgan fingerprint density at radius 2 is 1.93 bits per heavy atom. The van der Waals surface area contributed by atoms with Crippen molar-refractivity contribution in [3.8, 4) is 0 Å². The summed E-state index contributed by atoms with van der Waals surface area (Å²) in [4.78, 5) is 17.2. The van der Waals surface area contributed by atoms with E-state index < -0.39 is 9.84 Å². The van der Waals surface area contributed by atoms with E-state index >= 15 is 0 Å². The number of rotatable bonds is 5. The normalized spacial score (nSPS) is 17.8. The largest absolute Gasteiger partial charge is 0.381 e. The number of anilines is 1. The summed E-state index contributed by atoms with van der Waals surface area (Å²) in [5, 5.41) is 5.18. The maximum Gasteiger partial charge on any atom is 0.255 e. The molecule has 6 nitrogen and oxygen atoms in total. The third-order valence-corrected chi connectivity index (χ3v) is 6.30. The van der Waals surface area contributed by atoms with Crippen molar-refractivity contribution in [3.63, 3.8) is 0 Å². The van der Waals surface area contributed by atoms with Gasteiger partial charge in [0.1, 0.15) is 0 Å². The molecule has 0 radical (unpaired) electrons. The fourth-order valence-electron chi connectivity index (χ4n) is 3.71. The van der Waals surface area contributed by atoms with Crippen LogP contribution in [0.5, 0.6) is 0 Å². The molecule has 28 heavy (non-hydrogen) atoms. The monoisotopic (exact) mass is 397 g/mol. The van der Waals surface area contributed by atoms with E-state index in [1.165, 1.54) is 6.26 Å². The van der Waals surface area contributed by atoms with Gasteiger partial charge in [-0.05, 0) is 53.8 Å². The highest BCUT2D eigenvalue weighted by atomic mass is 32.2. The average Bonchev–Trinajstić information content (AvgIpc) is 3.08. The Morgan fingerprint density at radius 1 is 1.14 bits per heavy atom. The fraction of sp³-hybridized carbons (Fsp3) is 0.286. The van der Waals surface area contributed by atoms with Crippen molar-refractivity contribution in [3.05, 3.63) is 70.6 Å². The van der Waals surface area contributed by atoms with E-state index in [1.54, 1.807) is 18.3 Å². The van der Waals surface area contributed by atoms with Crippen LogP contribution >= 0.6 is 0 Å². The lowest BCUT2D eigenvalue weighted by molar-refractivity contribution is 0.328. The lowest BCUT2D eigenvalue weighted by Crippen LogP contribution is -2.26. The highest BCUT2D eigenvalue weighted by Crippen LogP contribution is 2.21. The molecule has 1 aromatic heterocycles. The molecule has 1 fully saturated rings. The number of sulfone groups is 1. The summed E-state index contributed by atoms with van der Waals surface area (Å²) in [6.45, 7) is 2.70. The molecule has 146 valence electrons. The Labute approximate surface area is 164 Å². The van der Waals surface area contributed by atoms with Crippen molar-refractivity contribution in [2.45, 2.75) is 23.9 Å². The van der Waals surface area contributed by atoms with Crippen LogP contribution in [0.25, 0.3) is 10.8 Å². The molecular weight excluding hydrogens is 374 g/mol. The second-order valence-corrected chi connectivity index (χ2v) is 9.41. The van der Waals surface area contributed by atoms with Crippen LogP contribution in [-0.2, 0) is 16.4 Å². The summed E-state index contributed by atoms with van der Waals surface area (Å²) < 4.78 is 23.1. The fourth-order valence-corrected chi connectivity index (χ4v) is 4.34. The van der Waals surface area contributed by atoms with Crippen molar-refractivity contribution in [1.29, 1.82) is 0 Å². The minimum atomic E-state index is -3.15. The van der Waals surface area contributed by atoms with Crippen molar-refractivity contribution in [2.24, 2.45) is 0 Å². The van der Waals surface area contributed by atoms with Gasteiger partial charge in [0.05, 0.1) is 4.90 Å². The quantitative estimate of drug-likeness (QED) is 0.692. The van der Waals surface area contributed by atoms with Crippen molar-refractivity contribution < 1.29 is 8.42 Å². The van der Waals surface area contributed by atoms with Crippen LogP contribution in [0.1, 0.15) is 12.0 Å². The third-order valence-electron chi connectivity index (χ3n) is 5.17. The number of aromatic amines is 1. The van der Waals surface area contributed by atoms with Crippen molar-refractivity contribution in [1.82, 2.24) is 9.88 Å².